The van der Waals surface area contributed by atoms with E-state index in [9.17, 15) is 0 Å². The summed E-state index contributed by atoms with van der Waals surface area (Å²) in [4.78, 5) is 0. The van der Waals surface area contributed by atoms with E-state index in [-0.39, 0.29) is 0 Å². The molecular weight excluding hydrogens is 160 g/mol. The van der Waals surface area contributed by atoms with Crippen molar-refractivity contribution < 1.29 is 0 Å². The second-order valence-corrected chi connectivity index (χ2v) is 4.89. The standard InChI is InChI=1S/C11H24N2/c1-4-9(2)10(13-12)11(3)7-5-6-8-11/h9-10,13H,4-8,12H2,1-3H3. The molecule has 0 aromatic rings. The Morgan fingerprint density at radius 2 is 1.92 bits per heavy atom. The molecule has 0 aliphatic heterocycles. The van der Waals surface area contributed by atoms with Gasteiger partial charge in [-0.15, -0.1) is 0 Å². The van der Waals surface area contributed by atoms with Crippen LogP contribution in [0.2, 0.25) is 0 Å². The van der Waals surface area contributed by atoms with Gasteiger partial charge in [-0.2, -0.15) is 0 Å². The van der Waals surface area contributed by atoms with Crippen molar-refractivity contribution in [3.8, 4) is 0 Å². The summed E-state index contributed by atoms with van der Waals surface area (Å²) in [6.45, 7) is 6.93. The molecule has 1 aliphatic rings. The molecule has 2 heteroatoms. The van der Waals surface area contributed by atoms with Crippen molar-refractivity contribution in [1.82, 2.24) is 5.43 Å². The summed E-state index contributed by atoms with van der Waals surface area (Å²) >= 11 is 0. The Hall–Kier alpha value is -0.0800. The summed E-state index contributed by atoms with van der Waals surface area (Å²) < 4.78 is 0. The number of nitrogens with one attached hydrogen (secondary N) is 1. The lowest BCUT2D eigenvalue weighted by molar-refractivity contribution is 0.164. The molecule has 0 bridgehead atoms. The Kier molecular flexibility index (Phi) is 3.74. The van der Waals surface area contributed by atoms with Gasteiger partial charge in [-0.3, -0.25) is 11.3 Å². The summed E-state index contributed by atoms with van der Waals surface area (Å²) in [5.41, 5.74) is 3.48. The van der Waals surface area contributed by atoms with Crippen molar-refractivity contribution >= 4 is 0 Å². The van der Waals surface area contributed by atoms with Crippen molar-refractivity contribution in [2.24, 2.45) is 17.2 Å². The quantitative estimate of drug-likeness (QED) is 0.520. The summed E-state index contributed by atoms with van der Waals surface area (Å²) in [7, 11) is 0. The second kappa shape index (κ2) is 4.43. The highest BCUT2D eigenvalue weighted by Crippen LogP contribution is 2.42. The number of hydrazine groups is 1. The molecule has 2 nitrogen and oxygen atoms in total. The van der Waals surface area contributed by atoms with E-state index in [0.717, 1.165) is 0 Å². The molecule has 0 aromatic heterocycles. The molecule has 2 atom stereocenters. The van der Waals surface area contributed by atoms with Gasteiger partial charge in [-0.1, -0.05) is 40.0 Å². The number of hydrogen-bond donors (Lipinski definition) is 2. The molecule has 0 amide bonds. The molecule has 1 fully saturated rings. The monoisotopic (exact) mass is 184 g/mol. The molecule has 1 rings (SSSR count). The molecule has 0 spiro atoms. The molecule has 0 saturated heterocycles. The van der Waals surface area contributed by atoms with Crippen LogP contribution >= 0.6 is 0 Å². The summed E-state index contributed by atoms with van der Waals surface area (Å²) in [5.74, 6) is 6.35. The third-order valence-electron chi connectivity index (χ3n) is 3.89. The zero-order chi connectivity index (χ0) is 9.90. The first kappa shape index (κ1) is 11.0. The molecule has 1 saturated carbocycles. The fraction of sp³-hybridized carbons (Fsp3) is 1.00. The Balaban J connectivity index is 2.63. The first-order chi connectivity index (χ1) is 6.14. The Morgan fingerprint density at radius 3 is 2.31 bits per heavy atom. The predicted octanol–water partition coefficient (Wildman–Crippen LogP) is 2.44. The van der Waals surface area contributed by atoms with Crippen LogP contribution < -0.4 is 11.3 Å². The first-order valence-corrected chi connectivity index (χ1v) is 5.60. The van der Waals surface area contributed by atoms with Crippen LogP contribution in [-0.2, 0) is 0 Å². The Morgan fingerprint density at radius 1 is 1.38 bits per heavy atom. The van der Waals surface area contributed by atoms with Crippen molar-refractivity contribution in [2.45, 2.75) is 58.9 Å². The van der Waals surface area contributed by atoms with E-state index in [4.69, 9.17) is 5.84 Å². The highest BCUT2D eigenvalue weighted by molar-refractivity contribution is 4.92. The minimum absolute atomic E-state index is 0.449. The summed E-state index contributed by atoms with van der Waals surface area (Å²) in [5, 5.41) is 0. The molecule has 13 heavy (non-hydrogen) atoms. The maximum Gasteiger partial charge on any atom is 0.0289 e. The van der Waals surface area contributed by atoms with E-state index in [2.05, 4.69) is 26.2 Å². The zero-order valence-corrected chi connectivity index (χ0v) is 9.27. The average molecular weight is 184 g/mol. The number of nitrogens with two attached hydrogens (primary N) is 1. The maximum absolute atomic E-state index is 5.66. The van der Waals surface area contributed by atoms with Gasteiger partial charge < -0.3 is 0 Å². The van der Waals surface area contributed by atoms with Gasteiger partial charge >= 0.3 is 0 Å². The van der Waals surface area contributed by atoms with Crippen LogP contribution in [0.15, 0.2) is 0 Å². The van der Waals surface area contributed by atoms with Gasteiger partial charge in [0.15, 0.2) is 0 Å². The summed E-state index contributed by atoms with van der Waals surface area (Å²) in [6.07, 6.45) is 6.65. The van der Waals surface area contributed by atoms with Crippen LogP contribution in [0.5, 0.6) is 0 Å². The van der Waals surface area contributed by atoms with Crippen molar-refractivity contribution in [2.75, 3.05) is 0 Å². The Labute approximate surface area is 82.2 Å². The summed E-state index contributed by atoms with van der Waals surface area (Å²) in [6, 6.07) is 0.500. The van der Waals surface area contributed by atoms with Crippen molar-refractivity contribution in [3.05, 3.63) is 0 Å². The third-order valence-corrected chi connectivity index (χ3v) is 3.89. The molecular formula is C11H24N2. The highest BCUT2D eigenvalue weighted by Gasteiger charge is 2.38. The van der Waals surface area contributed by atoms with Gasteiger partial charge in [0.05, 0.1) is 0 Å². The first-order valence-electron chi connectivity index (χ1n) is 5.60. The maximum atomic E-state index is 5.66. The SMILES string of the molecule is CCC(C)C(NN)C1(C)CCCC1. The van der Waals surface area contributed by atoms with E-state index in [1.54, 1.807) is 0 Å². The smallest absolute Gasteiger partial charge is 0.0289 e. The van der Waals surface area contributed by atoms with E-state index in [1.165, 1.54) is 32.1 Å². The lowest BCUT2D eigenvalue weighted by Crippen LogP contribution is -2.49. The third kappa shape index (κ3) is 2.23. The van der Waals surface area contributed by atoms with Crippen LogP contribution in [0.1, 0.15) is 52.9 Å². The fourth-order valence-electron chi connectivity index (χ4n) is 2.78. The van der Waals surface area contributed by atoms with E-state index in [1.807, 2.05) is 0 Å². The van der Waals surface area contributed by atoms with Crippen molar-refractivity contribution in [1.29, 1.82) is 0 Å². The van der Waals surface area contributed by atoms with E-state index < -0.39 is 0 Å². The molecule has 3 N–H and O–H groups in total. The van der Waals surface area contributed by atoms with E-state index >= 15 is 0 Å². The van der Waals surface area contributed by atoms with Crippen LogP contribution in [0.25, 0.3) is 0 Å². The molecule has 2 unspecified atom stereocenters. The lowest BCUT2D eigenvalue weighted by Gasteiger charge is -2.37. The molecule has 0 heterocycles. The number of hydrogen-bond acceptors (Lipinski definition) is 2. The van der Waals surface area contributed by atoms with E-state index in [0.29, 0.717) is 17.4 Å². The molecule has 78 valence electrons. The zero-order valence-electron chi connectivity index (χ0n) is 9.27. The van der Waals surface area contributed by atoms with Gasteiger partial charge in [-0.05, 0) is 24.2 Å². The largest absolute Gasteiger partial charge is 0.271 e. The normalized spacial score (nSPS) is 25.8. The topological polar surface area (TPSA) is 38.0 Å². The second-order valence-electron chi connectivity index (χ2n) is 4.89. The van der Waals surface area contributed by atoms with Crippen LogP contribution in [0, 0.1) is 11.3 Å². The molecule has 0 radical (unpaired) electrons. The average Bonchev–Trinajstić information content (AvgIpc) is 2.53. The predicted molar refractivity (Wildman–Crippen MR) is 57.1 cm³/mol. The number of rotatable bonds is 4. The van der Waals surface area contributed by atoms with Gasteiger partial charge in [0.1, 0.15) is 0 Å². The minimum atomic E-state index is 0.449. The van der Waals surface area contributed by atoms with Crippen LogP contribution in [-0.4, -0.2) is 6.04 Å². The highest BCUT2D eigenvalue weighted by atomic mass is 15.2. The fourth-order valence-corrected chi connectivity index (χ4v) is 2.78. The van der Waals surface area contributed by atoms with Gasteiger partial charge in [0, 0.05) is 6.04 Å². The van der Waals surface area contributed by atoms with Crippen molar-refractivity contribution in [3.63, 3.8) is 0 Å². The van der Waals surface area contributed by atoms with Crippen LogP contribution in [0.3, 0.4) is 0 Å². The minimum Gasteiger partial charge on any atom is -0.271 e. The molecule has 0 aromatic carbocycles. The van der Waals surface area contributed by atoms with Crippen LogP contribution in [0.4, 0.5) is 0 Å². The lowest BCUT2D eigenvalue weighted by atomic mass is 9.74. The molecule has 1 aliphatic carbocycles. The Bertz CT molecular complexity index is 150. The van der Waals surface area contributed by atoms with Gasteiger partial charge in [0.2, 0.25) is 0 Å². The van der Waals surface area contributed by atoms with Gasteiger partial charge in [-0.25, -0.2) is 0 Å². The van der Waals surface area contributed by atoms with Gasteiger partial charge in [0.25, 0.3) is 0 Å².